The Morgan fingerprint density at radius 2 is 0.733 bits per heavy atom. The maximum atomic E-state index is 5.41. The third-order valence-corrected chi connectivity index (χ3v) is 1.58. The molecule has 0 aliphatic heterocycles. The summed E-state index contributed by atoms with van der Waals surface area (Å²) in [4.78, 5) is 11.6. The molecule has 0 fully saturated rings. The minimum absolute atomic E-state index is 0.150. The van der Waals surface area contributed by atoms with Crippen LogP contribution in [0.25, 0.3) is 0 Å². The first-order chi connectivity index (χ1) is 6.91. The van der Waals surface area contributed by atoms with E-state index in [1.165, 1.54) is 0 Å². The molecular formula is C12H9N3. The predicted octanol–water partition coefficient (Wildman–Crippen LogP) is 1.39. The standard InChI is InChI=1S/C12H9N3/c1-7(2)10-13-11(8(3)4)15-12(14-10)9(5)6/h1-9H. The van der Waals surface area contributed by atoms with Gasteiger partial charge < -0.3 is 0 Å². The Bertz CT molecular complexity index is 265. The van der Waals surface area contributed by atoms with E-state index in [2.05, 4.69) is 15.0 Å². The summed E-state index contributed by atoms with van der Waals surface area (Å²) in [6.07, 6.45) is 0. The van der Waals surface area contributed by atoms with Gasteiger partial charge in [0.15, 0.2) is 0 Å². The van der Waals surface area contributed by atoms with Crippen LogP contribution in [0.2, 0.25) is 0 Å². The molecule has 1 aromatic rings. The van der Waals surface area contributed by atoms with Gasteiger partial charge in [-0.1, -0.05) is 0 Å². The third kappa shape index (κ3) is 2.98. The van der Waals surface area contributed by atoms with Crippen LogP contribution >= 0.6 is 0 Å². The lowest BCUT2D eigenvalue weighted by Gasteiger charge is -2.11. The molecule has 0 N–H and O–H groups in total. The van der Waals surface area contributed by atoms with Gasteiger partial charge in [0, 0.05) is 17.8 Å². The third-order valence-electron chi connectivity index (χ3n) is 1.58. The van der Waals surface area contributed by atoms with Crippen molar-refractivity contribution in [3.63, 3.8) is 0 Å². The van der Waals surface area contributed by atoms with Gasteiger partial charge in [-0.15, -0.1) is 0 Å². The molecule has 0 aliphatic rings. The SMILES string of the molecule is [CH]C([CH])c1nc(C([CH])[CH])nc(C([CH])[CH])n1. The Balaban J connectivity index is 3.20. The summed E-state index contributed by atoms with van der Waals surface area (Å²) in [5.41, 5.74) is 0. The lowest BCUT2D eigenvalue weighted by Crippen LogP contribution is -2.11. The molecule has 3 heteroatoms. The molecule has 0 atom stereocenters. The minimum Gasteiger partial charge on any atom is -0.217 e. The Hall–Kier alpha value is -0.990. The van der Waals surface area contributed by atoms with E-state index >= 15 is 0 Å². The molecule has 72 valence electrons. The first kappa shape index (κ1) is 12.1. The highest BCUT2D eigenvalue weighted by atomic mass is 15.0. The van der Waals surface area contributed by atoms with Crippen molar-refractivity contribution in [2.45, 2.75) is 17.8 Å². The van der Waals surface area contributed by atoms with Crippen LogP contribution in [0.1, 0.15) is 35.2 Å². The van der Waals surface area contributed by atoms with E-state index in [9.17, 15) is 0 Å². The highest BCUT2D eigenvalue weighted by Gasteiger charge is 2.14. The first-order valence-electron chi connectivity index (χ1n) is 4.21. The Morgan fingerprint density at radius 1 is 0.533 bits per heavy atom. The lowest BCUT2D eigenvalue weighted by molar-refractivity contribution is 0.737. The van der Waals surface area contributed by atoms with Crippen LogP contribution < -0.4 is 0 Å². The molecule has 12 radical (unpaired) electrons. The Morgan fingerprint density at radius 3 is 0.867 bits per heavy atom. The lowest BCUT2D eigenvalue weighted by atomic mass is 10.1. The van der Waals surface area contributed by atoms with Crippen LogP contribution in [0.15, 0.2) is 0 Å². The van der Waals surface area contributed by atoms with Crippen LogP contribution in [0.3, 0.4) is 0 Å². The van der Waals surface area contributed by atoms with Crippen LogP contribution in [0, 0.1) is 41.5 Å². The van der Waals surface area contributed by atoms with Crippen LogP contribution in [-0.4, -0.2) is 15.0 Å². The second-order valence-corrected chi connectivity index (χ2v) is 2.99. The van der Waals surface area contributed by atoms with Crippen molar-refractivity contribution in [1.82, 2.24) is 15.0 Å². The molecule has 0 saturated carbocycles. The summed E-state index contributed by atoms with van der Waals surface area (Å²) in [5, 5.41) is 0. The average molecular weight is 195 g/mol. The van der Waals surface area contributed by atoms with Crippen LogP contribution in [-0.2, 0) is 0 Å². The van der Waals surface area contributed by atoms with E-state index in [0.29, 0.717) is 0 Å². The van der Waals surface area contributed by atoms with E-state index in [-0.39, 0.29) is 17.5 Å². The van der Waals surface area contributed by atoms with Crippen molar-refractivity contribution >= 4 is 0 Å². The van der Waals surface area contributed by atoms with Gasteiger partial charge in [-0.2, -0.15) is 0 Å². The highest BCUT2D eigenvalue weighted by Crippen LogP contribution is 2.16. The topological polar surface area (TPSA) is 38.7 Å². The largest absolute Gasteiger partial charge is 0.217 e. The molecule has 0 unspecified atom stereocenters. The molecule has 1 heterocycles. The highest BCUT2D eigenvalue weighted by molar-refractivity contribution is 5.12. The summed E-state index contributed by atoms with van der Waals surface area (Å²) >= 11 is 0. The molecule has 15 heavy (non-hydrogen) atoms. The zero-order chi connectivity index (χ0) is 11.6. The maximum absolute atomic E-state index is 5.41. The summed E-state index contributed by atoms with van der Waals surface area (Å²) in [6.45, 7) is 32.5. The summed E-state index contributed by atoms with van der Waals surface area (Å²) < 4.78 is 0. The van der Waals surface area contributed by atoms with Gasteiger partial charge in [0.2, 0.25) is 0 Å². The van der Waals surface area contributed by atoms with Crippen molar-refractivity contribution in [2.75, 3.05) is 0 Å². The molecule has 1 rings (SSSR count). The van der Waals surface area contributed by atoms with E-state index in [1.807, 2.05) is 0 Å². The normalized spacial score (nSPS) is 11.8. The van der Waals surface area contributed by atoms with Gasteiger partial charge in [-0.3, -0.25) is 0 Å². The van der Waals surface area contributed by atoms with E-state index < -0.39 is 17.8 Å². The molecule has 0 amide bonds. The van der Waals surface area contributed by atoms with E-state index in [0.717, 1.165) is 0 Å². The van der Waals surface area contributed by atoms with Crippen LogP contribution in [0.5, 0.6) is 0 Å². The molecule has 3 nitrogen and oxygen atoms in total. The van der Waals surface area contributed by atoms with Crippen molar-refractivity contribution in [2.24, 2.45) is 0 Å². The van der Waals surface area contributed by atoms with Gasteiger partial charge in [0.05, 0.1) is 0 Å². The summed E-state index contributed by atoms with van der Waals surface area (Å²) in [7, 11) is 0. The fourth-order valence-electron chi connectivity index (χ4n) is 0.874. The van der Waals surface area contributed by atoms with Crippen molar-refractivity contribution in [1.29, 1.82) is 0 Å². The zero-order valence-corrected chi connectivity index (χ0v) is 8.04. The van der Waals surface area contributed by atoms with Crippen molar-refractivity contribution in [3.05, 3.63) is 59.0 Å². The van der Waals surface area contributed by atoms with Gasteiger partial charge in [0.25, 0.3) is 0 Å². The van der Waals surface area contributed by atoms with Gasteiger partial charge in [0.1, 0.15) is 17.5 Å². The summed E-state index contributed by atoms with van der Waals surface area (Å²) in [6, 6.07) is 0. The van der Waals surface area contributed by atoms with E-state index in [1.54, 1.807) is 0 Å². The molecule has 0 spiro atoms. The maximum Gasteiger partial charge on any atom is 0.136 e. The monoisotopic (exact) mass is 195 g/mol. The number of aromatic nitrogens is 3. The van der Waals surface area contributed by atoms with Crippen molar-refractivity contribution in [3.8, 4) is 0 Å². The van der Waals surface area contributed by atoms with Crippen LogP contribution in [0.4, 0.5) is 0 Å². The van der Waals surface area contributed by atoms with Crippen molar-refractivity contribution < 1.29 is 0 Å². The minimum atomic E-state index is -0.858. The Kier molecular flexibility index (Phi) is 3.77. The second-order valence-electron chi connectivity index (χ2n) is 2.99. The number of hydrogen-bond donors (Lipinski definition) is 0. The Labute approximate surface area is 92.4 Å². The quantitative estimate of drug-likeness (QED) is 0.731. The van der Waals surface area contributed by atoms with Gasteiger partial charge >= 0.3 is 0 Å². The van der Waals surface area contributed by atoms with Gasteiger partial charge in [-0.05, 0) is 41.5 Å². The molecule has 0 aliphatic carbocycles. The number of rotatable bonds is 3. The molecular weight excluding hydrogens is 186 g/mol. The smallest absolute Gasteiger partial charge is 0.136 e. The number of nitrogens with zero attached hydrogens (tertiary/aromatic N) is 3. The second kappa shape index (κ2) is 4.69. The molecule has 0 aromatic carbocycles. The average Bonchev–Trinajstić information content (AvgIpc) is 2.16. The van der Waals surface area contributed by atoms with Gasteiger partial charge in [-0.25, -0.2) is 15.0 Å². The molecule has 0 saturated heterocycles. The number of hydrogen-bond acceptors (Lipinski definition) is 3. The predicted molar refractivity (Wildman–Crippen MR) is 53.9 cm³/mol. The summed E-state index contributed by atoms with van der Waals surface area (Å²) in [5.74, 6) is -2.13. The molecule has 0 bridgehead atoms. The fourth-order valence-corrected chi connectivity index (χ4v) is 0.874. The molecule has 1 aromatic heterocycles. The first-order valence-corrected chi connectivity index (χ1v) is 4.21. The zero-order valence-electron chi connectivity index (χ0n) is 8.04. The fraction of sp³-hybridized carbons (Fsp3) is 0.250. The van der Waals surface area contributed by atoms with E-state index in [4.69, 9.17) is 41.5 Å².